The quantitative estimate of drug-likeness (QED) is 0.884. The summed E-state index contributed by atoms with van der Waals surface area (Å²) in [7, 11) is 0. The average Bonchev–Trinajstić information content (AvgIpc) is 2.87. The Morgan fingerprint density at radius 1 is 1.32 bits per heavy atom. The molecule has 0 aliphatic carbocycles. The Bertz CT molecular complexity index is 873. The second-order valence-corrected chi connectivity index (χ2v) is 7.37. The third-order valence-corrected chi connectivity index (χ3v) is 5.66. The molecule has 2 atom stereocenters. The molecule has 146 valence electrons. The average molecular weight is 380 g/mol. The molecule has 4 rings (SSSR count). The maximum atomic E-state index is 12.7. The maximum absolute atomic E-state index is 12.7. The van der Waals surface area contributed by atoms with E-state index in [2.05, 4.69) is 15.3 Å². The second-order valence-electron chi connectivity index (χ2n) is 7.37. The molecule has 2 unspecified atom stereocenters. The van der Waals surface area contributed by atoms with Gasteiger partial charge in [-0.1, -0.05) is 18.2 Å². The Balaban J connectivity index is 1.61. The summed E-state index contributed by atoms with van der Waals surface area (Å²) in [6.45, 7) is 3.37. The number of rotatable bonds is 3. The van der Waals surface area contributed by atoms with E-state index in [-0.39, 0.29) is 23.6 Å². The van der Waals surface area contributed by atoms with E-state index in [0.29, 0.717) is 32.4 Å². The smallest absolute Gasteiger partial charge is 0.271 e. The number of hydrogen-bond donors (Lipinski definition) is 1. The molecule has 2 amide bonds. The summed E-state index contributed by atoms with van der Waals surface area (Å²) in [4.78, 5) is 35.0. The van der Waals surface area contributed by atoms with Gasteiger partial charge in [-0.15, -0.1) is 0 Å². The van der Waals surface area contributed by atoms with E-state index in [1.54, 1.807) is 0 Å². The zero-order valence-corrected chi connectivity index (χ0v) is 15.9. The molecule has 1 N–H and O–H groups in total. The van der Waals surface area contributed by atoms with Crippen LogP contribution in [0.25, 0.3) is 0 Å². The number of nitrogens with zero attached hydrogens (tertiary/aromatic N) is 3. The number of amides is 2. The molecule has 0 saturated carbocycles. The highest BCUT2D eigenvalue weighted by Gasteiger charge is 2.43. The Kier molecular flexibility index (Phi) is 4.98. The van der Waals surface area contributed by atoms with Crippen LogP contribution >= 0.6 is 0 Å². The molecule has 7 nitrogen and oxygen atoms in total. The maximum Gasteiger partial charge on any atom is 0.271 e. The number of aromatic nitrogens is 2. The van der Waals surface area contributed by atoms with Crippen LogP contribution in [0.3, 0.4) is 0 Å². The predicted molar refractivity (Wildman–Crippen MR) is 103 cm³/mol. The van der Waals surface area contributed by atoms with Gasteiger partial charge in [0.25, 0.3) is 5.91 Å². The first kappa shape index (κ1) is 18.4. The number of fused-ring (bicyclic) bond motifs is 1. The van der Waals surface area contributed by atoms with Gasteiger partial charge < -0.3 is 15.0 Å². The highest BCUT2D eigenvalue weighted by atomic mass is 16.5. The van der Waals surface area contributed by atoms with Crippen LogP contribution in [0.5, 0.6) is 5.75 Å². The lowest BCUT2D eigenvalue weighted by Gasteiger charge is -2.42. The lowest BCUT2D eigenvalue weighted by Crippen LogP contribution is -2.46. The van der Waals surface area contributed by atoms with Crippen LogP contribution in [-0.4, -0.2) is 45.4 Å². The molecular formula is C21H24N4O3. The molecule has 3 heterocycles. The lowest BCUT2D eigenvalue weighted by atomic mass is 9.82. The number of nitrogens with one attached hydrogen (secondary N) is 1. The van der Waals surface area contributed by atoms with Gasteiger partial charge in [0, 0.05) is 50.3 Å². The molecule has 1 aromatic heterocycles. The minimum Gasteiger partial charge on any atom is -0.487 e. The first-order chi connectivity index (χ1) is 13.6. The van der Waals surface area contributed by atoms with E-state index in [1.807, 2.05) is 36.1 Å². The first-order valence-corrected chi connectivity index (χ1v) is 9.73. The number of hydrogen-bond acceptors (Lipinski definition) is 5. The van der Waals surface area contributed by atoms with Crippen LogP contribution in [-0.2, 0) is 4.79 Å². The molecule has 0 radical (unpaired) electrons. The zero-order chi connectivity index (χ0) is 19.6. The molecule has 7 heteroatoms. The third kappa shape index (κ3) is 3.56. The molecule has 28 heavy (non-hydrogen) atoms. The molecular weight excluding hydrogens is 356 g/mol. The van der Waals surface area contributed by atoms with Gasteiger partial charge in [-0.3, -0.25) is 14.6 Å². The standard InChI is InChI=1S/C21H24N4O3/c1-2-25-12-9-21(8-7-19(25)26)13-16(15-5-3-4-6-18(15)28-21)24-20(27)17-14-22-10-11-23-17/h3-6,10-11,14,16H,2,7-9,12-13H2,1H3,(H,24,27). The van der Waals surface area contributed by atoms with Gasteiger partial charge in [-0.2, -0.15) is 0 Å². The van der Waals surface area contributed by atoms with Gasteiger partial charge in [0.2, 0.25) is 5.91 Å². The minimum atomic E-state index is -0.464. The molecule has 0 bridgehead atoms. The Labute approximate surface area is 164 Å². The van der Waals surface area contributed by atoms with Crippen molar-refractivity contribution in [1.82, 2.24) is 20.2 Å². The van der Waals surface area contributed by atoms with Gasteiger partial charge in [0.15, 0.2) is 0 Å². The number of carbonyl (C=O) groups is 2. The highest BCUT2D eigenvalue weighted by Crippen LogP contribution is 2.44. The summed E-state index contributed by atoms with van der Waals surface area (Å²) < 4.78 is 6.44. The van der Waals surface area contributed by atoms with Crippen molar-refractivity contribution in [3.8, 4) is 5.75 Å². The van der Waals surface area contributed by atoms with Crippen molar-refractivity contribution in [3.63, 3.8) is 0 Å². The summed E-state index contributed by atoms with van der Waals surface area (Å²) in [6, 6.07) is 7.57. The van der Waals surface area contributed by atoms with Gasteiger partial charge in [0.05, 0.1) is 12.2 Å². The molecule has 1 spiro atoms. The number of benzene rings is 1. The van der Waals surface area contributed by atoms with Crippen molar-refractivity contribution < 1.29 is 14.3 Å². The minimum absolute atomic E-state index is 0.168. The van der Waals surface area contributed by atoms with Crippen molar-refractivity contribution in [2.45, 2.75) is 44.2 Å². The number of para-hydroxylation sites is 1. The van der Waals surface area contributed by atoms with Crippen LogP contribution in [0.1, 0.15) is 54.7 Å². The number of carbonyl (C=O) groups excluding carboxylic acids is 2. The van der Waals surface area contributed by atoms with E-state index in [0.717, 1.165) is 17.7 Å². The number of likely N-dealkylation sites (tertiary alicyclic amines) is 1. The van der Waals surface area contributed by atoms with Crippen LogP contribution in [0.2, 0.25) is 0 Å². The lowest BCUT2D eigenvalue weighted by molar-refractivity contribution is -0.130. The van der Waals surface area contributed by atoms with E-state index >= 15 is 0 Å². The van der Waals surface area contributed by atoms with E-state index in [9.17, 15) is 9.59 Å². The number of ether oxygens (including phenoxy) is 1. The summed E-state index contributed by atoms with van der Waals surface area (Å²) >= 11 is 0. The summed E-state index contributed by atoms with van der Waals surface area (Å²) in [6.07, 6.45) is 6.98. The molecule has 2 aliphatic rings. The fourth-order valence-electron chi connectivity index (χ4n) is 4.12. The summed E-state index contributed by atoms with van der Waals surface area (Å²) in [5.74, 6) is 0.683. The first-order valence-electron chi connectivity index (χ1n) is 9.73. The highest BCUT2D eigenvalue weighted by molar-refractivity contribution is 5.92. The van der Waals surface area contributed by atoms with Crippen molar-refractivity contribution in [1.29, 1.82) is 0 Å². The van der Waals surface area contributed by atoms with Gasteiger partial charge in [-0.05, 0) is 19.4 Å². The Hall–Kier alpha value is -2.96. The Morgan fingerprint density at radius 3 is 2.96 bits per heavy atom. The van der Waals surface area contributed by atoms with Crippen molar-refractivity contribution in [3.05, 3.63) is 54.1 Å². The second kappa shape index (κ2) is 7.58. The largest absolute Gasteiger partial charge is 0.487 e. The van der Waals surface area contributed by atoms with Crippen LogP contribution < -0.4 is 10.1 Å². The van der Waals surface area contributed by atoms with E-state index in [1.165, 1.54) is 18.6 Å². The molecule has 2 aromatic rings. The monoisotopic (exact) mass is 380 g/mol. The van der Waals surface area contributed by atoms with Crippen molar-refractivity contribution in [2.75, 3.05) is 13.1 Å². The van der Waals surface area contributed by atoms with E-state index in [4.69, 9.17) is 4.74 Å². The van der Waals surface area contributed by atoms with Crippen molar-refractivity contribution in [2.24, 2.45) is 0 Å². The summed E-state index contributed by atoms with van der Waals surface area (Å²) in [5, 5.41) is 3.10. The van der Waals surface area contributed by atoms with Gasteiger partial charge in [-0.25, -0.2) is 4.98 Å². The van der Waals surface area contributed by atoms with Gasteiger partial charge in [0.1, 0.15) is 17.0 Å². The molecule has 1 fully saturated rings. The van der Waals surface area contributed by atoms with Gasteiger partial charge >= 0.3 is 0 Å². The summed E-state index contributed by atoms with van der Waals surface area (Å²) in [5.41, 5.74) is 0.774. The molecule has 2 aliphatic heterocycles. The zero-order valence-electron chi connectivity index (χ0n) is 15.9. The van der Waals surface area contributed by atoms with E-state index < -0.39 is 5.60 Å². The SMILES string of the molecule is CCN1CCC2(CCC1=O)CC(NC(=O)c1cnccn1)c1ccccc1O2. The fraction of sp³-hybridized carbons (Fsp3) is 0.429. The Morgan fingerprint density at radius 2 is 2.18 bits per heavy atom. The predicted octanol–water partition coefficient (Wildman–Crippen LogP) is 2.50. The molecule has 1 aromatic carbocycles. The fourth-order valence-corrected chi connectivity index (χ4v) is 4.12. The van der Waals surface area contributed by atoms with Crippen LogP contribution in [0, 0.1) is 0 Å². The molecule has 1 saturated heterocycles. The normalized spacial score (nSPS) is 24.2. The third-order valence-electron chi connectivity index (χ3n) is 5.66. The van der Waals surface area contributed by atoms with Crippen molar-refractivity contribution >= 4 is 11.8 Å². The topological polar surface area (TPSA) is 84.4 Å². The van der Waals surface area contributed by atoms with Crippen LogP contribution in [0.15, 0.2) is 42.9 Å². The van der Waals surface area contributed by atoms with Crippen LogP contribution in [0.4, 0.5) is 0 Å².